The molecule has 0 amide bonds. The van der Waals surface area contributed by atoms with E-state index in [2.05, 4.69) is 4.90 Å². The molecule has 3 nitrogen and oxygen atoms in total. The lowest BCUT2D eigenvalue weighted by Crippen LogP contribution is -2.21. The highest BCUT2D eigenvalue weighted by atomic mass is 19.1. The number of benzene rings is 1. The summed E-state index contributed by atoms with van der Waals surface area (Å²) in [5.74, 6) is -0.646. The molecule has 18 heavy (non-hydrogen) atoms. The standard InChI is InChI=1S/C14H18FNO2/c1-10-6-11(2-3-13(10)15)8-16-5-4-12(9-16)7-14(17)18/h2-3,6,12H,4-5,7-9H2,1H3,(H,17,18). The Morgan fingerprint density at radius 3 is 3.00 bits per heavy atom. The van der Waals surface area contributed by atoms with E-state index in [4.69, 9.17) is 5.11 Å². The minimum atomic E-state index is -0.723. The molecular weight excluding hydrogens is 233 g/mol. The maximum absolute atomic E-state index is 13.1. The number of hydrogen-bond donors (Lipinski definition) is 1. The van der Waals surface area contributed by atoms with Crippen LogP contribution in [0.25, 0.3) is 0 Å². The second kappa shape index (κ2) is 5.48. The minimum Gasteiger partial charge on any atom is -0.481 e. The van der Waals surface area contributed by atoms with Gasteiger partial charge < -0.3 is 5.11 Å². The fourth-order valence-electron chi connectivity index (χ4n) is 2.53. The van der Waals surface area contributed by atoms with E-state index in [0.717, 1.165) is 31.6 Å². The SMILES string of the molecule is Cc1cc(CN2CCC(CC(=O)O)C2)ccc1F. The summed E-state index contributed by atoms with van der Waals surface area (Å²) in [6.45, 7) is 4.28. The van der Waals surface area contributed by atoms with Gasteiger partial charge >= 0.3 is 5.97 Å². The Balaban J connectivity index is 1.91. The highest BCUT2D eigenvalue weighted by Gasteiger charge is 2.24. The van der Waals surface area contributed by atoms with Crippen molar-refractivity contribution < 1.29 is 14.3 Å². The first-order chi connectivity index (χ1) is 8.54. The average molecular weight is 251 g/mol. The first kappa shape index (κ1) is 13.0. The topological polar surface area (TPSA) is 40.5 Å². The van der Waals surface area contributed by atoms with E-state index >= 15 is 0 Å². The van der Waals surface area contributed by atoms with Crippen LogP contribution in [0.5, 0.6) is 0 Å². The van der Waals surface area contributed by atoms with Crippen molar-refractivity contribution in [3.63, 3.8) is 0 Å². The van der Waals surface area contributed by atoms with Crippen LogP contribution in [0.3, 0.4) is 0 Å². The predicted molar refractivity (Wildman–Crippen MR) is 66.8 cm³/mol. The monoisotopic (exact) mass is 251 g/mol. The van der Waals surface area contributed by atoms with Gasteiger partial charge in [0.1, 0.15) is 5.82 Å². The molecule has 2 rings (SSSR count). The second-order valence-corrected chi connectivity index (χ2v) is 5.07. The molecule has 0 spiro atoms. The number of likely N-dealkylation sites (tertiary alicyclic amines) is 1. The molecule has 0 aromatic heterocycles. The summed E-state index contributed by atoms with van der Waals surface area (Å²) in [6, 6.07) is 5.15. The van der Waals surface area contributed by atoms with Gasteiger partial charge in [0.25, 0.3) is 0 Å². The quantitative estimate of drug-likeness (QED) is 0.893. The Bertz CT molecular complexity index is 447. The molecule has 0 radical (unpaired) electrons. The smallest absolute Gasteiger partial charge is 0.303 e. The zero-order valence-corrected chi connectivity index (χ0v) is 10.5. The van der Waals surface area contributed by atoms with Gasteiger partial charge in [0.05, 0.1) is 0 Å². The van der Waals surface area contributed by atoms with Crippen LogP contribution in [0.15, 0.2) is 18.2 Å². The molecule has 1 aromatic carbocycles. The molecule has 0 aliphatic carbocycles. The number of nitrogens with zero attached hydrogens (tertiary/aromatic N) is 1. The van der Waals surface area contributed by atoms with Crippen LogP contribution in [-0.4, -0.2) is 29.1 Å². The zero-order chi connectivity index (χ0) is 13.1. The largest absolute Gasteiger partial charge is 0.481 e. The van der Waals surface area contributed by atoms with Gasteiger partial charge in [-0.25, -0.2) is 4.39 Å². The van der Waals surface area contributed by atoms with Crippen molar-refractivity contribution in [2.24, 2.45) is 5.92 Å². The highest BCUT2D eigenvalue weighted by Crippen LogP contribution is 2.22. The van der Waals surface area contributed by atoms with E-state index in [1.54, 1.807) is 13.0 Å². The van der Waals surface area contributed by atoms with Crippen LogP contribution in [0.1, 0.15) is 24.0 Å². The minimum absolute atomic E-state index is 0.177. The number of rotatable bonds is 4. The third-order valence-electron chi connectivity index (χ3n) is 3.46. The Labute approximate surface area is 106 Å². The number of halogens is 1. The van der Waals surface area contributed by atoms with Crippen molar-refractivity contribution in [3.8, 4) is 0 Å². The van der Waals surface area contributed by atoms with E-state index in [1.165, 1.54) is 6.07 Å². The molecule has 1 aliphatic heterocycles. The highest BCUT2D eigenvalue weighted by molar-refractivity contribution is 5.67. The molecule has 1 atom stereocenters. The molecule has 0 saturated carbocycles. The molecule has 98 valence electrons. The van der Waals surface area contributed by atoms with E-state index < -0.39 is 5.97 Å². The van der Waals surface area contributed by atoms with Gasteiger partial charge in [-0.1, -0.05) is 12.1 Å². The molecular formula is C14H18FNO2. The van der Waals surface area contributed by atoms with E-state index in [0.29, 0.717) is 5.56 Å². The lowest BCUT2D eigenvalue weighted by Gasteiger charge is -2.16. The van der Waals surface area contributed by atoms with Crippen LogP contribution in [0.2, 0.25) is 0 Å². The van der Waals surface area contributed by atoms with Crippen molar-refractivity contribution in [1.29, 1.82) is 0 Å². The van der Waals surface area contributed by atoms with Gasteiger partial charge in [0.2, 0.25) is 0 Å². The van der Waals surface area contributed by atoms with E-state index in [9.17, 15) is 9.18 Å². The molecule has 1 saturated heterocycles. The van der Waals surface area contributed by atoms with Gasteiger partial charge in [-0.05, 0) is 43.0 Å². The third kappa shape index (κ3) is 3.29. The summed E-state index contributed by atoms with van der Waals surface area (Å²) >= 11 is 0. The molecule has 1 unspecified atom stereocenters. The summed E-state index contributed by atoms with van der Waals surface area (Å²) in [5.41, 5.74) is 1.75. The first-order valence-electron chi connectivity index (χ1n) is 6.24. The number of aryl methyl sites for hydroxylation is 1. The lowest BCUT2D eigenvalue weighted by atomic mass is 10.1. The Morgan fingerprint density at radius 1 is 1.56 bits per heavy atom. The zero-order valence-electron chi connectivity index (χ0n) is 10.5. The van der Waals surface area contributed by atoms with Crippen LogP contribution < -0.4 is 0 Å². The van der Waals surface area contributed by atoms with Crippen molar-refractivity contribution in [2.75, 3.05) is 13.1 Å². The number of carboxylic acids is 1. The molecule has 0 bridgehead atoms. The number of carbonyl (C=O) groups is 1. The van der Waals surface area contributed by atoms with Gasteiger partial charge in [-0.2, -0.15) is 0 Å². The third-order valence-corrected chi connectivity index (χ3v) is 3.46. The van der Waals surface area contributed by atoms with Crippen molar-refractivity contribution >= 4 is 5.97 Å². The number of hydrogen-bond acceptors (Lipinski definition) is 2. The van der Waals surface area contributed by atoms with Crippen molar-refractivity contribution in [2.45, 2.75) is 26.3 Å². The van der Waals surface area contributed by atoms with Crippen LogP contribution in [-0.2, 0) is 11.3 Å². The van der Waals surface area contributed by atoms with Crippen LogP contribution in [0.4, 0.5) is 4.39 Å². The molecule has 4 heteroatoms. The molecule has 1 fully saturated rings. The van der Waals surface area contributed by atoms with Crippen molar-refractivity contribution in [1.82, 2.24) is 4.90 Å². The lowest BCUT2D eigenvalue weighted by molar-refractivity contribution is -0.138. The maximum atomic E-state index is 13.1. The predicted octanol–water partition coefficient (Wildman–Crippen LogP) is 2.43. The molecule has 1 aliphatic rings. The summed E-state index contributed by atoms with van der Waals surface area (Å²) in [7, 11) is 0. The van der Waals surface area contributed by atoms with Gasteiger partial charge in [0, 0.05) is 19.5 Å². The Hall–Kier alpha value is -1.42. The van der Waals surface area contributed by atoms with Gasteiger partial charge in [-0.3, -0.25) is 9.69 Å². The number of carboxylic acid groups (broad SMARTS) is 1. The summed E-state index contributed by atoms with van der Waals surface area (Å²) in [6.07, 6.45) is 1.19. The Morgan fingerprint density at radius 2 is 2.33 bits per heavy atom. The molecule has 1 aromatic rings. The van der Waals surface area contributed by atoms with E-state index in [1.807, 2.05) is 6.07 Å². The maximum Gasteiger partial charge on any atom is 0.303 e. The second-order valence-electron chi connectivity index (χ2n) is 5.07. The number of aliphatic carboxylic acids is 1. The first-order valence-corrected chi connectivity index (χ1v) is 6.24. The van der Waals surface area contributed by atoms with Crippen LogP contribution in [0, 0.1) is 18.7 Å². The average Bonchev–Trinajstić information content (AvgIpc) is 2.70. The van der Waals surface area contributed by atoms with Gasteiger partial charge in [0.15, 0.2) is 0 Å². The van der Waals surface area contributed by atoms with Crippen molar-refractivity contribution in [3.05, 3.63) is 35.1 Å². The van der Waals surface area contributed by atoms with Gasteiger partial charge in [-0.15, -0.1) is 0 Å². The van der Waals surface area contributed by atoms with Crippen LogP contribution >= 0.6 is 0 Å². The summed E-state index contributed by atoms with van der Waals surface area (Å²) in [4.78, 5) is 12.9. The summed E-state index contributed by atoms with van der Waals surface area (Å²) < 4.78 is 13.1. The van der Waals surface area contributed by atoms with E-state index in [-0.39, 0.29) is 18.2 Å². The molecule has 1 heterocycles. The normalized spacial score (nSPS) is 20.2. The fraction of sp³-hybridized carbons (Fsp3) is 0.500. The summed E-state index contributed by atoms with van der Waals surface area (Å²) in [5, 5.41) is 8.76. The fourth-order valence-corrected chi connectivity index (χ4v) is 2.53. The Kier molecular flexibility index (Phi) is 3.97. The molecule has 1 N–H and O–H groups in total.